The third-order valence-electron chi connectivity index (χ3n) is 4.75. The maximum absolute atomic E-state index is 12.5. The third-order valence-corrected chi connectivity index (χ3v) is 6.58. The Bertz CT molecular complexity index is 750. The zero-order chi connectivity index (χ0) is 20.6. The number of sulfonamides is 1. The highest BCUT2D eigenvalue weighted by Gasteiger charge is 2.27. The number of nitrogens with one attached hydrogen (secondary N) is 1. The van der Waals surface area contributed by atoms with Crippen LogP contribution in [0.15, 0.2) is 23.5 Å². The summed E-state index contributed by atoms with van der Waals surface area (Å²) in [6.07, 6.45) is 4.61. The van der Waals surface area contributed by atoms with E-state index in [2.05, 4.69) is 27.1 Å². The number of rotatable bonds is 8. The Labute approximate surface area is 192 Å². The van der Waals surface area contributed by atoms with Crippen LogP contribution in [-0.4, -0.2) is 86.8 Å². The molecule has 0 unspecified atom stereocenters. The molecule has 0 aromatic carbocycles. The number of hydrogen-bond donors (Lipinski definition) is 1. The summed E-state index contributed by atoms with van der Waals surface area (Å²) in [5.41, 5.74) is 2.44. The zero-order valence-corrected chi connectivity index (χ0v) is 20.9. The highest BCUT2D eigenvalue weighted by atomic mass is 127. The van der Waals surface area contributed by atoms with Gasteiger partial charge in [0.2, 0.25) is 10.0 Å². The lowest BCUT2D eigenvalue weighted by Crippen LogP contribution is -2.54. The molecule has 1 saturated heterocycles. The summed E-state index contributed by atoms with van der Waals surface area (Å²) in [6.45, 7) is 9.04. The summed E-state index contributed by atoms with van der Waals surface area (Å²) in [5, 5.41) is 3.38. The van der Waals surface area contributed by atoms with Gasteiger partial charge in [-0.15, -0.1) is 24.0 Å². The van der Waals surface area contributed by atoms with Crippen molar-refractivity contribution in [2.24, 2.45) is 4.99 Å². The normalized spacial score (nSPS) is 16.0. The van der Waals surface area contributed by atoms with E-state index in [1.165, 1.54) is 11.1 Å². The number of ether oxygens (including phenoxy) is 1. The Morgan fingerprint density at radius 3 is 2.59 bits per heavy atom. The van der Waals surface area contributed by atoms with Crippen LogP contribution in [-0.2, 0) is 21.2 Å². The molecule has 166 valence electrons. The van der Waals surface area contributed by atoms with Crippen LogP contribution in [0.5, 0.6) is 0 Å². The first-order valence-electron chi connectivity index (χ1n) is 9.78. The fourth-order valence-electron chi connectivity index (χ4n) is 3.12. The number of aromatic nitrogens is 1. The van der Waals surface area contributed by atoms with Crippen molar-refractivity contribution in [1.82, 2.24) is 19.5 Å². The Morgan fingerprint density at radius 2 is 2.00 bits per heavy atom. The highest BCUT2D eigenvalue weighted by molar-refractivity contribution is 14.0. The minimum Gasteiger partial charge on any atom is -0.378 e. The van der Waals surface area contributed by atoms with Gasteiger partial charge in [-0.05, 0) is 44.4 Å². The Kier molecular flexibility index (Phi) is 11.4. The number of piperazine rings is 1. The van der Waals surface area contributed by atoms with E-state index in [1.54, 1.807) is 11.4 Å². The van der Waals surface area contributed by atoms with Crippen LogP contribution in [0.25, 0.3) is 0 Å². The lowest BCUT2D eigenvalue weighted by Gasteiger charge is -2.35. The van der Waals surface area contributed by atoms with Gasteiger partial charge < -0.3 is 15.0 Å². The van der Waals surface area contributed by atoms with E-state index < -0.39 is 10.0 Å². The molecule has 0 saturated carbocycles. The van der Waals surface area contributed by atoms with Gasteiger partial charge in [-0.3, -0.25) is 9.98 Å². The molecule has 8 nitrogen and oxygen atoms in total. The number of halogens is 1. The molecule has 0 radical (unpaired) electrons. The molecule has 2 heterocycles. The van der Waals surface area contributed by atoms with Crippen molar-refractivity contribution < 1.29 is 13.2 Å². The van der Waals surface area contributed by atoms with E-state index in [9.17, 15) is 8.42 Å². The van der Waals surface area contributed by atoms with Gasteiger partial charge in [0.25, 0.3) is 0 Å². The summed E-state index contributed by atoms with van der Waals surface area (Å²) < 4.78 is 31.8. The lowest BCUT2D eigenvalue weighted by atomic mass is 10.1. The second-order valence-electron chi connectivity index (χ2n) is 7.15. The van der Waals surface area contributed by atoms with Crippen molar-refractivity contribution in [2.45, 2.75) is 33.3 Å². The molecule has 0 spiro atoms. The molecule has 0 aliphatic carbocycles. The lowest BCUT2D eigenvalue weighted by molar-refractivity contribution is 0.0904. The molecule has 1 aromatic rings. The Morgan fingerprint density at radius 1 is 1.31 bits per heavy atom. The summed E-state index contributed by atoms with van der Waals surface area (Å²) in [7, 11) is -1.52. The minimum atomic E-state index is -3.28. The van der Waals surface area contributed by atoms with Crippen molar-refractivity contribution in [1.29, 1.82) is 0 Å². The second-order valence-corrected chi connectivity index (χ2v) is 9.24. The number of hydrogen-bond acceptors (Lipinski definition) is 5. The molecular formula is C19H34IN5O3S. The smallest absolute Gasteiger partial charge is 0.216 e. The second kappa shape index (κ2) is 12.7. The van der Waals surface area contributed by atoms with Crippen molar-refractivity contribution >= 4 is 40.0 Å². The van der Waals surface area contributed by atoms with Crippen LogP contribution in [0.1, 0.15) is 25.0 Å². The molecular weight excluding hydrogens is 505 g/mol. The highest BCUT2D eigenvalue weighted by Crippen LogP contribution is 2.09. The standard InChI is InChI=1S/C19H33N5O3S.HI/c1-16(2)27-13-14-28(25,26)24-11-9-23(10-12-24)19(20-4)22-8-6-18-5-7-21-15-17(18)3;/h5,7,15-16H,6,8-14H2,1-4H3,(H,20,22);1H. The van der Waals surface area contributed by atoms with Crippen LogP contribution in [0, 0.1) is 6.92 Å². The SMILES string of the molecule is CN=C(NCCc1ccncc1C)N1CCN(S(=O)(=O)CCOC(C)C)CC1.I. The number of pyridine rings is 1. The van der Waals surface area contributed by atoms with E-state index in [0.29, 0.717) is 26.2 Å². The Balaban J connectivity index is 0.00000420. The van der Waals surface area contributed by atoms with Gasteiger partial charge >= 0.3 is 0 Å². The van der Waals surface area contributed by atoms with Crippen LogP contribution in [0.2, 0.25) is 0 Å². The molecule has 29 heavy (non-hydrogen) atoms. The molecule has 1 N–H and O–H groups in total. The number of aliphatic imine (C=N–C) groups is 1. The van der Waals surface area contributed by atoms with Crippen LogP contribution >= 0.6 is 24.0 Å². The van der Waals surface area contributed by atoms with Crippen molar-refractivity contribution in [3.8, 4) is 0 Å². The average Bonchev–Trinajstić information content (AvgIpc) is 2.66. The summed E-state index contributed by atoms with van der Waals surface area (Å²) >= 11 is 0. The van der Waals surface area contributed by atoms with Crippen LogP contribution < -0.4 is 5.32 Å². The molecule has 0 bridgehead atoms. The number of nitrogens with zero attached hydrogens (tertiary/aromatic N) is 4. The predicted molar refractivity (Wildman–Crippen MR) is 127 cm³/mol. The first-order valence-corrected chi connectivity index (χ1v) is 11.4. The fraction of sp³-hybridized carbons (Fsp3) is 0.684. The molecule has 10 heteroatoms. The predicted octanol–water partition coefficient (Wildman–Crippen LogP) is 1.50. The van der Waals surface area contributed by atoms with E-state index in [0.717, 1.165) is 18.9 Å². The minimum absolute atomic E-state index is 0. The van der Waals surface area contributed by atoms with E-state index in [1.807, 2.05) is 32.3 Å². The van der Waals surface area contributed by atoms with E-state index >= 15 is 0 Å². The van der Waals surface area contributed by atoms with Crippen LogP contribution in [0.3, 0.4) is 0 Å². The van der Waals surface area contributed by atoms with Gasteiger partial charge in [-0.2, -0.15) is 4.31 Å². The maximum Gasteiger partial charge on any atom is 0.216 e. The van der Waals surface area contributed by atoms with E-state index in [-0.39, 0.29) is 42.4 Å². The average molecular weight is 539 g/mol. The monoisotopic (exact) mass is 539 g/mol. The summed E-state index contributed by atoms with van der Waals surface area (Å²) in [6, 6.07) is 2.03. The largest absolute Gasteiger partial charge is 0.378 e. The molecule has 1 aliphatic heterocycles. The molecule has 1 fully saturated rings. The van der Waals surface area contributed by atoms with Gasteiger partial charge in [0.1, 0.15) is 0 Å². The number of guanidine groups is 1. The molecule has 0 atom stereocenters. The molecule has 2 rings (SSSR count). The maximum atomic E-state index is 12.5. The van der Waals surface area contributed by atoms with Gasteiger partial charge in [0.05, 0.1) is 18.5 Å². The molecule has 1 aromatic heterocycles. The van der Waals surface area contributed by atoms with Crippen molar-refractivity contribution in [2.75, 3.05) is 52.1 Å². The molecule has 1 aliphatic rings. The first-order chi connectivity index (χ1) is 13.3. The topological polar surface area (TPSA) is 87.1 Å². The van der Waals surface area contributed by atoms with Gasteiger partial charge in [-0.1, -0.05) is 0 Å². The van der Waals surface area contributed by atoms with Gasteiger partial charge in [0.15, 0.2) is 5.96 Å². The zero-order valence-electron chi connectivity index (χ0n) is 17.8. The van der Waals surface area contributed by atoms with Crippen molar-refractivity contribution in [3.63, 3.8) is 0 Å². The summed E-state index contributed by atoms with van der Waals surface area (Å²) in [4.78, 5) is 10.6. The third kappa shape index (κ3) is 8.35. The van der Waals surface area contributed by atoms with E-state index in [4.69, 9.17) is 4.74 Å². The molecule has 0 amide bonds. The fourth-order valence-corrected chi connectivity index (χ4v) is 4.40. The summed E-state index contributed by atoms with van der Waals surface area (Å²) in [5.74, 6) is 0.843. The first kappa shape index (κ1) is 26.1. The quantitative estimate of drug-likeness (QED) is 0.306. The number of aryl methyl sites for hydroxylation is 1. The van der Waals surface area contributed by atoms with Crippen LogP contribution in [0.4, 0.5) is 0 Å². The van der Waals surface area contributed by atoms with Gasteiger partial charge in [-0.25, -0.2) is 8.42 Å². The Hall–Kier alpha value is -0.980. The van der Waals surface area contributed by atoms with Crippen molar-refractivity contribution in [3.05, 3.63) is 29.6 Å². The van der Waals surface area contributed by atoms with Gasteiger partial charge in [0, 0.05) is 52.2 Å².